The van der Waals surface area contributed by atoms with Crippen molar-refractivity contribution in [2.45, 2.75) is 12.6 Å². The van der Waals surface area contributed by atoms with Gasteiger partial charge in [0, 0.05) is 36.0 Å². The number of nitrogens with one attached hydrogen (secondary N) is 4. The van der Waals surface area contributed by atoms with Gasteiger partial charge in [-0.15, -0.1) is 0 Å². The lowest BCUT2D eigenvalue weighted by Gasteiger charge is -2.13. The highest BCUT2D eigenvalue weighted by Crippen LogP contribution is 2.36. The number of anilines is 2. The third-order valence-corrected chi connectivity index (χ3v) is 5.57. The molecule has 0 bridgehead atoms. The van der Waals surface area contributed by atoms with E-state index in [1.54, 1.807) is 24.5 Å². The fourth-order valence-electron chi connectivity index (χ4n) is 3.38. The second kappa shape index (κ2) is 12.8. The molecule has 41 heavy (non-hydrogen) atoms. The van der Waals surface area contributed by atoms with Crippen molar-refractivity contribution < 1.29 is 32.3 Å². The van der Waals surface area contributed by atoms with Crippen molar-refractivity contribution in [1.82, 2.24) is 20.8 Å². The van der Waals surface area contributed by atoms with Gasteiger partial charge in [0.15, 0.2) is 0 Å². The number of hydrazine groups is 1. The van der Waals surface area contributed by atoms with E-state index in [0.29, 0.717) is 17.0 Å². The van der Waals surface area contributed by atoms with Crippen molar-refractivity contribution in [3.05, 3.63) is 107 Å². The van der Waals surface area contributed by atoms with Crippen LogP contribution in [-0.4, -0.2) is 27.8 Å². The fraction of sp³-hybridized carbons (Fsp3) is 0.0741. The molecule has 14 heteroatoms. The molecule has 0 atom stereocenters. The first-order chi connectivity index (χ1) is 19.6. The number of rotatable bonds is 7. The van der Waals surface area contributed by atoms with Gasteiger partial charge in [-0.3, -0.25) is 30.4 Å². The summed E-state index contributed by atoms with van der Waals surface area (Å²) in [5, 5.41) is 4.33. The van der Waals surface area contributed by atoms with E-state index in [0.717, 1.165) is 12.1 Å². The molecule has 0 spiro atoms. The summed E-state index contributed by atoms with van der Waals surface area (Å²) in [5.41, 5.74) is 4.41. The molecule has 4 amide bonds. The number of aromatic nitrogens is 2. The molecule has 0 saturated carbocycles. The van der Waals surface area contributed by atoms with Gasteiger partial charge in [0.1, 0.15) is 17.2 Å². The monoisotopic (exact) mass is 584 g/mol. The molecule has 0 unspecified atom stereocenters. The first kappa shape index (κ1) is 28.8. The average Bonchev–Trinajstić information content (AvgIpc) is 2.94. The Bertz CT molecular complexity index is 1550. The van der Waals surface area contributed by atoms with Crippen LogP contribution in [0.15, 0.2) is 85.3 Å². The quantitative estimate of drug-likeness (QED) is 0.209. The molecular formula is C27H20ClF3N6O4. The summed E-state index contributed by atoms with van der Waals surface area (Å²) in [6.07, 6.45) is -0.172. The standard InChI is InChI=1S/C27H20ClF3N6O4/c28-22-8-5-18(13-21(22)27(29,30)31)35-26(40)34-17-3-6-19(7-4-17)41-20-9-11-33-23(14-20)25(39)37-36-24(38)12-16-2-1-10-32-15-16/h1-11,13-15H,12H2,(H,36,38)(H,37,39)(H2,34,35,40). The summed E-state index contributed by atoms with van der Waals surface area (Å²) in [7, 11) is 0. The molecule has 10 nitrogen and oxygen atoms in total. The maximum absolute atomic E-state index is 13.0. The predicted octanol–water partition coefficient (Wildman–Crippen LogP) is 5.59. The van der Waals surface area contributed by atoms with Gasteiger partial charge in [0.25, 0.3) is 5.91 Å². The molecule has 0 aliphatic carbocycles. The van der Waals surface area contributed by atoms with Gasteiger partial charge in [-0.25, -0.2) is 4.79 Å². The Kier molecular flexibility index (Phi) is 8.99. The lowest BCUT2D eigenvalue weighted by atomic mass is 10.2. The van der Waals surface area contributed by atoms with Crippen LogP contribution in [0, 0.1) is 0 Å². The number of benzene rings is 2. The lowest BCUT2D eigenvalue weighted by molar-refractivity contribution is -0.137. The largest absolute Gasteiger partial charge is 0.457 e. The normalized spacial score (nSPS) is 10.8. The van der Waals surface area contributed by atoms with E-state index in [1.165, 1.54) is 48.7 Å². The van der Waals surface area contributed by atoms with Crippen LogP contribution in [0.2, 0.25) is 5.02 Å². The number of ether oxygens (including phenoxy) is 1. The molecule has 4 N–H and O–H groups in total. The van der Waals surface area contributed by atoms with Crippen LogP contribution in [0.5, 0.6) is 11.5 Å². The van der Waals surface area contributed by atoms with Crippen LogP contribution in [0.4, 0.5) is 29.3 Å². The maximum atomic E-state index is 13.0. The number of hydrogen-bond acceptors (Lipinski definition) is 6. The minimum Gasteiger partial charge on any atom is -0.457 e. The van der Waals surface area contributed by atoms with Crippen molar-refractivity contribution in [3.63, 3.8) is 0 Å². The van der Waals surface area contributed by atoms with E-state index in [4.69, 9.17) is 16.3 Å². The van der Waals surface area contributed by atoms with Gasteiger partial charge in [-0.1, -0.05) is 17.7 Å². The highest BCUT2D eigenvalue weighted by Gasteiger charge is 2.33. The fourth-order valence-corrected chi connectivity index (χ4v) is 3.60. The second-order valence-corrected chi connectivity index (χ2v) is 8.72. The van der Waals surface area contributed by atoms with Crippen LogP contribution in [0.25, 0.3) is 0 Å². The van der Waals surface area contributed by atoms with E-state index in [-0.39, 0.29) is 23.6 Å². The first-order valence-corrected chi connectivity index (χ1v) is 12.1. The highest BCUT2D eigenvalue weighted by molar-refractivity contribution is 6.31. The number of halogens is 4. The molecule has 0 fully saturated rings. The molecule has 2 heterocycles. The Hall–Kier alpha value is -5.17. The minimum absolute atomic E-state index is 0.0185. The van der Waals surface area contributed by atoms with Gasteiger partial charge in [-0.05, 0) is 60.2 Å². The molecule has 0 radical (unpaired) electrons. The van der Waals surface area contributed by atoms with E-state index >= 15 is 0 Å². The van der Waals surface area contributed by atoms with E-state index in [9.17, 15) is 27.6 Å². The van der Waals surface area contributed by atoms with E-state index in [2.05, 4.69) is 31.5 Å². The Morgan fingerprint density at radius 2 is 1.59 bits per heavy atom. The number of amides is 4. The molecule has 4 rings (SSSR count). The van der Waals surface area contributed by atoms with E-state index in [1.807, 2.05) is 0 Å². The topological polar surface area (TPSA) is 134 Å². The average molecular weight is 585 g/mol. The Morgan fingerprint density at radius 3 is 2.29 bits per heavy atom. The molecule has 4 aromatic rings. The van der Waals surface area contributed by atoms with Gasteiger partial charge >= 0.3 is 12.2 Å². The molecular weight excluding hydrogens is 565 g/mol. The Labute approximate surface area is 235 Å². The van der Waals surface area contributed by atoms with Gasteiger partial charge in [0.05, 0.1) is 17.0 Å². The van der Waals surface area contributed by atoms with Crippen molar-refractivity contribution in [2.24, 2.45) is 0 Å². The zero-order valence-corrected chi connectivity index (χ0v) is 21.6. The number of carbonyl (C=O) groups excluding carboxylic acids is 3. The highest BCUT2D eigenvalue weighted by atomic mass is 35.5. The summed E-state index contributed by atoms with van der Waals surface area (Å²) >= 11 is 5.59. The number of carbonyl (C=O) groups is 3. The number of pyridine rings is 2. The Balaban J connectivity index is 1.29. The summed E-state index contributed by atoms with van der Waals surface area (Å²) in [6.45, 7) is 0. The smallest absolute Gasteiger partial charge is 0.417 e. The maximum Gasteiger partial charge on any atom is 0.417 e. The molecule has 0 saturated heterocycles. The summed E-state index contributed by atoms with van der Waals surface area (Å²) < 4.78 is 44.8. The molecule has 0 aliphatic heterocycles. The van der Waals surface area contributed by atoms with Gasteiger partial charge < -0.3 is 15.4 Å². The van der Waals surface area contributed by atoms with Crippen LogP contribution in [0.1, 0.15) is 21.6 Å². The number of nitrogens with zero attached hydrogens (tertiary/aromatic N) is 2. The van der Waals surface area contributed by atoms with Crippen LogP contribution >= 0.6 is 11.6 Å². The minimum atomic E-state index is -4.67. The van der Waals surface area contributed by atoms with Gasteiger partial charge in [-0.2, -0.15) is 13.2 Å². The predicted molar refractivity (Wildman–Crippen MR) is 143 cm³/mol. The zero-order valence-electron chi connectivity index (χ0n) is 20.8. The summed E-state index contributed by atoms with van der Waals surface area (Å²) in [5.74, 6) is -0.483. The van der Waals surface area contributed by atoms with Crippen molar-refractivity contribution in [3.8, 4) is 11.5 Å². The molecule has 210 valence electrons. The molecule has 2 aromatic carbocycles. The van der Waals surface area contributed by atoms with Crippen molar-refractivity contribution in [2.75, 3.05) is 10.6 Å². The number of urea groups is 1. The molecule has 0 aliphatic rings. The van der Waals surface area contributed by atoms with Crippen LogP contribution in [0.3, 0.4) is 0 Å². The SMILES string of the molecule is O=C(Cc1cccnc1)NNC(=O)c1cc(Oc2ccc(NC(=O)Nc3ccc(Cl)c(C(F)(F)F)c3)cc2)ccn1. The third kappa shape index (κ3) is 8.41. The summed E-state index contributed by atoms with van der Waals surface area (Å²) in [6, 6.07) is 14.6. The zero-order chi connectivity index (χ0) is 29.4. The van der Waals surface area contributed by atoms with E-state index < -0.39 is 34.6 Å². The van der Waals surface area contributed by atoms with Crippen molar-refractivity contribution in [1.29, 1.82) is 0 Å². The number of alkyl halides is 3. The Morgan fingerprint density at radius 1 is 0.854 bits per heavy atom. The van der Waals surface area contributed by atoms with Gasteiger partial charge in [0.2, 0.25) is 5.91 Å². The summed E-state index contributed by atoms with van der Waals surface area (Å²) in [4.78, 5) is 44.6. The van der Waals surface area contributed by atoms with Crippen molar-refractivity contribution >= 4 is 40.8 Å². The number of hydrogen-bond donors (Lipinski definition) is 4. The molecule has 2 aromatic heterocycles. The van der Waals surface area contributed by atoms with Crippen LogP contribution < -0.4 is 26.2 Å². The third-order valence-electron chi connectivity index (χ3n) is 5.24. The lowest BCUT2D eigenvalue weighted by Crippen LogP contribution is -2.42. The van der Waals surface area contributed by atoms with Crippen LogP contribution in [-0.2, 0) is 17.4 Å². The second-order valence-electron chi connectivity index (χ2n) is 8.32. The first-order valence-electron chi connectivity index (χ1n) is 11.7.